The number of hydrogen-bond acceptors (Lipinski definition) is 6. The fourth-order valence-electron chi connectivity index (χ4n) is 2.79. The Morgan fingerprint density at radius 2 is 2.04 bits per heavy atom. The summed E-state index contributed by atoms with van der Waals surface area (Å²) in [6.45, 7) is 4.46. The van der Waals surface area contributed by atoms with Crippen LogP contribution in [0.15, 0.2) is 35.5 Å². The third-order valence-corrected chi connectivity index (χ3v) is 5.26. The lowest BCUT2D eigenvalue weighted by molar-refractivity contribution is -0.0565. The first-order valence-electron chi connectivity index (χ1n) is 7.95. The van der Waals surface area contributed by atoms with Gasteiger partial charge in [-0.1, -0.05) is 35.5 Å². The highest BCUT2D eigenvalue weighted by atomic mass is 35.5. The first kappa shape index (κ1) is 16.8. The van der Waals surface area contributed by atoms with Gasteiger partial charge in [-0.05, 0) is 26.0 Å². The van der Waals surface area contributed by atoms with E-state index in [2.05, 4.69) is 15.2 Å². The van der Waals surface area contributed by atoms with Crippen LogP contribution in [0.3, 0.4) is 0 Å². The maximum absolute atomic E-state index is 5.99. The van der Waals surface area contributed by atoms with Crippen molar-refractivity contribution in [2.24, 2.45) is 0 Å². The third-order valence-electron chi connectivity index (χ3n) is 3.95. The molecular weight excluding hydrogens is 360 g/mol. The number of halogens is 1. The Bertz CT molecular complexity index is 900. The normalized spacial score (nSPS) is 20.4. The molecule has 25 heavy (non-hydrogen) atoms. The molecule has 0 aliphatic carbocycles. The van der Waals surface area contributed by atoms with E-state index in [-0.39, 0.29) is 12.4 Å². The van der Waals surface area contributed by atoms with Gasteiger partial charge in [-0.15, -0.1) is 10.2 Å². The quantitative estimate of drug-likeness (QED) is 0.648. The average Bonchev–Trinajstić information content (AvgIpc) is 3.20. The Kier molecular flexibility index (Phi) is 4.64. The van der Waals surface area contributed by atoms with E-state index in [1.807, 2.05) is 48.6 Å². The largest absolute Gasteiger partial charge is 0.346 e. The molecule has 8 heteroatoms. The van der Waals surface area contributed by atoms with Gasteiger partial charge in [-0.3, -0.25) is 4.40 Å². The van der Waals surface area contributed by atoms with Crippen LogP contribution in [0.1, 0.15) is 23.4 Å². The van der Waals surface area contributed by atoms with Crippen molar-refractivity contribution < 1.29 is 9.47 Å². The zero-order valence-corrected chi connectivity index (χ0v) is 15.4. The van der Waals surface area contributed by atoms with Gasteiger partial charge in [-0.25, -0.2) is 4.98 Å². The highest BCUT2D eigenvalue weighted by Gasteiger charge is 2.28. The highest BCUT2D eigenvalue weighted by Crippen LogP contribution is 2.30. The lowest BCUT2D eigenvalue weighted by Crippen LogP contribution is -2.13. The van der Waals surface area contributed by atoms with Gasteiger partial charge < -0.3 is 9.47 Å². The molecule has 1 fully saturated rings. The van der Waals surface area contributed by atoms with Crippen molar-refractivity contribution in [2.45, 2.75) is 31.4 Å². The third kappa shape index (κ3) is 3.50. The molecular formula is C17H17ClN4O2S. The van der Waals surface area contributed by atoms with Gasteiger partial charge in [0.2, 0.25) is 0 Å². The summed E-state index contributed by atoms with van der Waals surface area (Å²) in [4.78, 5) is 4.48. The maximum atomic E-state index is 5.99. The van der Waals surface area contributed by atoms with Crippen molar-refractivity contribution in [3.8, 4) is 0 Å². The molecule has 0 amide bonds. The summed E-state index contributed by atoms with van der Waals surface area (Å²) in [5, 5.41) is 10.0. The molecule has 1 saturated heterocycles. The monoisotopic (exact) mass is 376 g/mol. The van der Waals surface area contributed by atoms with Crippen LogP contribution in [0.5, 0.6) is 0 Å². The molecule has 4 rings (SSSR count). The summed E-state index contributed by atoms with van der Waals surface area (Å²) < 4.78 is 13.7. The van der Waals surface area contributed by atoms with Crippen LogP contribution in [-0.4, -0.2) is 38.0 Å². The molecule has 2 unspecified atom stereocenters. The number of hydrogen-bond donors (Lipinski definition) is 0. The molecule has 1 aliphatic heterocycles. The van der Waals surface area contributed by atoms with E-state index in [1.165, 1.54) is 0 Å². The first-order chi connectivity index (χ1) is 12.1. The summed E-state index contributed by atoms with van der Waals surface area (Å²) in [6.07, 6.45) is -0.346. The number of aryl methyl sites for hydroxylation is 2. The Morgan fingerprint density at radius 3 is 2.84 bits per heavy atom. The lowest BCUT2D eigenvalue weighted by atomic mass is 10.2. The number of rotatable bonds is 4. The SMILES string of the molecule is Cc1cc2nnc(SCC3COC(c4ccc(Cl)cc4)O3)n2c(C)n1. The van der Waals surface area contributed by atoms with Crippen LogP contribution >= 0.6 is 23.4 Å². The molecule has 130 valence electrons. The van der Waals surface area contributed by atoms with Crippen LogP contribution in [0, 0.1) is 13.8 Å². The standard InChI is InChI=1S/C17H17ClN4O2S/c1-10-7-15-20-21-17(22(15)11(2)19-10)25-9-14-8-23-16(24-14)12-3-5-13(18)6-4-12/h3-7,14,16H,8-9H2,1-2H3. The van der Waals surface area contributed by atoms with E-state index >= 15 is 0 Å². The van der Waals surface area contributed by atoms with E-state index in [9.17, 15) is 0 Å². The molecule has 3 heterocycles. The van der Waals surface area contributed by atoms with E-state index in [1.54, 1.807) is 11.8 Å². The predicted molar refractivity (Wildman–Crippen MR) is 96.0 cm³/mol. The van der Waals surface area contributed by atoms with Crippen LogP contribution in [0.4, 0.5) is 0 Å². The van der Waals surface area contributed by atoms with Gasteiger partial charge in [0.15, 0.2) is 17.1 Å². The molecule has 1 aliphatic rings. The van der Waals surface area contributed by atoms with Crippen LogP contribution < -0.4 is 0 Å². The van der Waals surface area contributed by atoms with E-state index in [0.29, 0.717) is 11.6 Å². The molecule has 0 bridgehead atoms. The number of ether oxygens (including phenoxy) is 2. The fourth-order valence-corrected chi connectivity index (χ4v) is 3.88. The van der Waals surface area contributed by atoms with Gasteiger partial charge in [0.05, 0.1) is 12.7 Å². The Morgan fingerprint density at radius 1 is 1.24 bits per heavy atom. The molecule has 2 atom stereocenters. The molecule has 0 N–H and O–H groups in total. The van der Waals surface area contributed by atoms with Gasteiger partial charge in [-0.2, -0.15) is 0 Å². The maximum Gasteiger partial charge on any atom is 0.197 e. The van der Waals surface area contributed by atoms with Crippen LogP contribution in [-0.2, 0) is 9.47 Å². The second-order valence-electron chi connectivity index (χ2n) is 5.91. The van der Waals surface area contributed by atoms with Crippen molar-refractivity contribution in [3.63, 3.8) is 0 Å². The Hall–Kier alpha value is -1.67. The average molecular weight is 377 g/mol. The minimum Gasteiger partial charge on any atom is -0.346 e. The Balaban J connectivity index is 1.42. The predicted octanol–water partition coefficient (Wildman–Crippen LogP) is 3.60. The topological polar surface area (TPSA) is 61.5 Å². The zero-order valence-electron chi connectivity index (χ0n) is 13.8. The van der Waals surface area contributed by atoms with Crippen LogP contribution in [0.2, 0.25) is 5.02 Å². The summed E-state index contributed by atoms with van der Waals surface area (Å²) in [6, 6.07) is 9.45. The molecule has 3 aromatic rings. The number of benzene rings is 1. The molecule has 0 saturated carbocycles. The first-order valence-corrected chi connectivity index (χ1v) is 9.31. The molecule has 6 nitrogen and oxygen atoms in total. The number of nitrogens with zero attached hydrogens (tertiary/aromatic N) is 4. The van der Waals surface area contributed by atoms with E-state index in [4.69, 9.17) is 21.1 Å². The number of thioether (sulfide) groups is 1. The summed E-state index contributed by atoms with van der Waals surface area (Å²) in [5.41, 5.74) is 2.72. The van der Waals surface area contributed by atoms with Crippen molar-refractivity contribution in [1.29, 1.82) is 0 Å². The number of fused-ring (bicyclic) bond motifs is 1. The second-order valence-corrected chi connectivity index (χ2v) is 7.33. The van der Waals surface area contributed by atoms with Gasteiger partial charge in [0.25, 0.3) is 0 Å². The van der Waals surface area contributed by atoms with Crippen LogP contribution in [0.25, 0.3) is 5.65 Å². The molecule has 0 radical (unpaired) electrons. The van der Waals surface area contributed by atoms with E-state index in [0.717, 1.165) is 33.6 Å². The van der Waals surface area contributed by atoms with Crippen molar-refractivity contribution in [3.05, 3.63) is 52.4 Å². The molecule has 0 spiro atoms. The zero-order chi connectivity index (χ0) is 17.4. The minimum absolute atomic E-state index is 0.00302. The smallest absolute Gasteiger partial charge is 0.197 e. The number of aromatic nitrogens is 4. The van der Waals surface area contributed by atoms with Gasteiger partial charge in [0.1, 0.15) is 5.82 Å². The second kappa shape index (κ2) is 6.92. The van der Waals surface area contributed by atoms with Gasteiger partial charge in [0, 0.05) is 28.1 Å². The fraction of sp³-hybridized carbons (Fsp3) is 0.353. The Labute approximate surface area is 154 Å². The molecule has 2 aromatic heterocycles. The van der Waals surface area contributed by atoms with Crippen molar-refractivity contribution in [2.75, 3.05) is 12.4 Å². The van der Waals surface area contributed by atoms with Gasteiger partial charge >= 0.3 is 0 Å². The minimum atomic E-state index is -0.343. The van der Waals surface area contributed by atoms with Crippen molar-refractivity contribution >= 4 is 29.0 Å². The highest BCUT2D eigenvalue weighted by molar-refractivity contribution is 7.99. The van der Waals surface area contributed by atoms with E-state index < -0.39 is 0 Å². The summed E-state index contributed by atoms with van der Waals surface area (Å²) >= 11 is 7.52. The lowest BCUT2D eigenvalue weighted by Gasteiger charge is -2.11. The molecule has 1 aromatic carbocycles. The van der Waals surface area contributed by atoms with Crippen molar-refractivity contribution in [1.82, 2.24) is 19.6 Å². The summed E-state index contributed by atoms with van der Waals surface area (Å²) in [7, 11) is 0. The summed E-state index contributed by atoms with van der Waals surface area (Å²) in [5.74, 6) is 1.61.